The summed E-state index contributed by atoms with van der Waals surface area (Å²) in [6.45, 7) is 1.82. The molecule has 0 fully saturated rings. The van der Waals surface area contributed by atoms with Crippen molar-refractivity contribution in [1.82, 2.24) is 9.97 Å². The molecule has 1 aromatic heterocycles. The molecule has 25 heavy (non-hydrogen) atoms. The van der Waals surface area contributed by atoms with E-state index in [1.165, 1.54) is 12.1 Å². The number of aliphatic hydroxyl groups is 1. The van der Waals surface area contributed by atoms with E-state index >= 15 is 0 Å². The number of halogens is 1. The molecule has 1 aliphatic carbocycles. The van der Waals surface area contributed by atoms with Gasteiger partial charge in [-0.2, -0.15) is 0 Å². The van der Waals surface area contributed by atoms with Gasteiger partial charge in [0.25, 0.3) is 0 Å². The number of aliphatic hydroxyl groups excluding tert-OH is 1. The van der Waals surface area contributed by atoms with Gasteiger partial charge in [-0.1, -0.05) is 18.2 Å². The second kappa shape index (κ2) is 6.68. The van der Waals surface area contributed by atoms with Crippen LogP contribution in [0.2, 0.25) is 0 Å². The number of aryl methyl sites for hydroxylation is 1. The van der Waals surface area contributed by atoms with Gasteiger partial charge in [0.2, 0.25) is 5.95 Å². The van der Waals surface area contributed by atoms with Crippen LogP contribution in [0.15, 0.2) is 59.9 Å². The smallest absolute Gasteiger partial charge is 0.220 e. The summed E-state index contributed by atoms with van der Waals surface area (Å²) in [5, 5.41) is 18.5. The zero-order valence-corrected chi connectivity index (χ0v) is 13.6. The predicted molar refractivity (Wildman–Crippen MR) is 95.8 cm³/mol. The Kier molecular flexibility index (Phi) is 4.43. The Hall–Kier alpha value is -3.28. The van der Waals surface area contributed by atoms with E-state index in [2.05, 4.69) is 9.97 Å². The molecule has 0 bridgehead atoms. The third-order valence-electron chi connectivity index (χ3n) is 3.78. The summed E-state index contributed by atoms with van der Waals surface area (Å²) < 4.78 is 13.0. The van der Waals surface area contributed by atoms with Crippen molar-refractivity contribution in [2.45, 2.75) is 13.3 Å². The van der Waals surface area contributed by atoms with Gasteiger partial charge in [0.05, 0.1) is 11.4 Å². The number of nitrogens with zero attached hydrogens (tertiary/aromatic N) is 2. The first-order valence-corrected chi connectivity index (χ1v) is 7.69. The number of allylic oxidation sites excluding steroid dienone is 6. The van der Waals surface area contributed by atoms with Crippen molar-refractivity contribution < 1.29 is 9.50 Å². The summed E-state index contributed by atoms with van der Waals surface area (Å²) in [6, 6.07) is 7.68. The fourth-order valence-corrected chi connectivity index (χ4v) is 2.57. The first kappa shape index (κ1) is 16.6. The lowest BCUT2D eigenvalue weighted by molar-refractivity contribution is 0.396. The summed E-state index contributed by atoms with van der Waals surface area (Å²) in [7, 11) is 0. The number of nitrogens with one attached hydrogen (secondary N) is 1. The largest absolute Gasteiger partial charge is 0.511 e. The van der Waals surface area contributed by atoms with Gasteiger partial charge < -0.3 is 16.2 Å². The number of aromatic nitrogens is 2. The maximum atomic E-state index is 13.0. The molecule has 2 aromatic rings. The summed E-state index contributed by atoms with van der Waals surface area (Å²) >= 11 is 0. The second-order valence-electron chi connectivity index (χ2n) is 5.76. The zero-order valence-electron chi connectivity index (χ0n) is 13.6. The normalized spacial score (nSPS) is 15.9. The van der Waals surface area contributed by atoms with Crippen LogP contribution in [-0.4, -0.2) is 20.8 Å². The Morgan fingerprint density at radius 3 is 2.60 bits per heavy atom. The fourth-order valence-electron chi connectivity index (χ4n) is 2.57. The van der Waals surface area contributed by atoms with Gasteiger partial charge in [0.15, 0.2) is 0 Å². The van der Waals surface area contributed by atoms with Crippen LogP contribution >= 0.6 is 0 Å². The van der Waals surface area contributed by atoms with Crippen molar-refractivity contribution in [3.05, 3.63) is 82.7 Å². The molecule has 126 valence electrons. The summed E-state index contributed by atoms with van der Waals surface area (Å²) in [4.78, 5) is 8.24. The standard InChI is InChI=1S/C19H17FN4O/c1-11-8-17(24-19(22)23-11)13-4-7-16(21)15(10-13)18(25)9-12-2-5-14(20)6-3-12/h2-8,10,21,25H,9H2,1H3,(H2,22,23,24)/b18-15-,21-16?. The number of anilines is 1. The van der Waals surface area contributed by atoms with Crippen LogP contribution in [0.3, 0.4) is 0 Å². The van der Waals surface area contributed by atoms with Crippen molar-refractivity contribution in [3.8, 4) is 0 Å². The maximum absolute atomic E-state index is 13.0. The van der Waals surface area contributed by atoms with E-state index < -0.39 is 0 Å². The van der Waals surface area contributed by atoms with E-state index in [1.54, 1.807) is 36.4 Å². The average Bonchev–Trinajstić information content (AvgIpc) is 2.56. The van der Waals surface area contributed by atoms with E-state index in [0.29, 0.717) is 11.3 Å². The molecular formula is C19H17FN4O. The molecule has 5 nitrogen and oxygen atoms in total. The highest BCUT2D eigenvalue weighted by molar-refractivity contribution is 6.13. The lowest BCUT2D eigenvalue weighted by Gasteiger charge is -2.13. The van der Waals surface area contributed by atoms with E-state index in [4.69, 9.17) is 11.1 Å². The van der Waals surface area contributed by atoms with Crippen molar-refractivity contribution in [2.75, 3.05) is 5.73 Å². The molecule has 1 heterocycles. The molecule has 0 saturated carbocycles. The molecule has 3 rings (SSSR count). The number of benzene rings is 1. The topological polar surface area (TPSA) is 95.9 Å². The van der Waals surface area contributed by atoms with Crippen LogP contribution in [0.5, 0.6) is 0 Å². The van der Waals surface area contributed by atoms with Crippen LogP contribution in [0.4, 0.5) is 10.3 Å². The average molecular weight is 336 g/mol. The summed E-state index contributed by atoms with van der Waals surface area (Å²) in [5.74, 6) is -0.119. The van der Waals surface area contributed by atoms with E-state index in [-0.39, 0.29) is 29.7 Å². The van der Waals surface area contributed by atoms with Crippen LogP contribution in [0.25, 0.3) is 5.57 Å². The third-order valence-corrected chi connectivity index (χ3v) is 3.78. The highest BCUT2D eigenvalue weighted by Gasteiger charge is 2.15. The molecule has 0 unspecified atom stereocenters. The first-order valence-electron chi connectivity index (χ1n) is 7.69. The minimum absolute atomic E-state index is 0.0391. The second-order valence-corrected chi connectivity index (χ2v) is 5.76. The maximum Gasteiger partial charge on any atom is 0.220 e. The van der Waals surface area contributed by atoms with Crippen LogP contribution in [0, 0.1) is 18.2 Å². The molecule has 0 saturated heterocycles. The quantitative estimate of drug-likeness (QED) is 0.747. The number of hydrogen-bond acceptors (Lipinski definition) is 5. The van der Waals surface area contributed by atoms with E-state index in [9.17, 15) is 9.50 Å². The Morgan fingerprint density at radius 1 is 1.20 bits per heavy atom. The van der Waals surface area contributed by atoms with E-state index in [0.717, 1.165) is 16.8 Å². The molecule has 1 aromatic carbocycles. The Labute approximate surface area is 144 Å². The number of rotatable bonds is 3. The first-order chi connectivity index (χ1) is 11.9. The molecule has 0 atom stereocenters. The third kappa shape index (κ3) is 3.80. The minimum atomic E-state index is -0.330. The van der Waals surface area contributed by atoms with Gasteiger partial charge in [-0.05, 0) is 42.8 Å². The summed E-state index contributed by atoms with van der Waals surface area (Å²) in [6.07, 6.45) is 5.25. The molecule has 4 N–H and O–H groups in total. The van der Waals surface area contributed by atoms with Gasteiger partial charge in [-0.25, -0.2) is 14.4 Å². The number of nitrogen functional groups attached to an aromatic ring is 1. The van der Waals surface area contributed by atoms with Crippen LogP contribution in [-0.2, 0) is 6.42 Å². The molecular weight excluding hydrogens is 319 g/mol. The number of hydrogen-bond donors (Lipinski definition) is 3. The molecule has 0 aliphatic heterocycles. The Bertz CT molecular complexity index is 907. The number of nitrogens with two attached hydrogens (primary N) is 1. The molecule has 0 radical (unpaired) electrons. The monoisotopic (exact) mass is 336 g/mol. The lowest BCUT2D eigenvalue weighted by atomic mass is 9.95. The fraction of sp³-hybridized carbons (Fsp3) is 0.105. The van der Waals surface area contributed by atoms with E-state index in [1.807, 2.05) is 6.92 Å². The van der Waals surface area contributed by atoms with Gasteiger partial charge in [0.1, 0.15) is 11.6 Å². The Balaban J connectivity index is 1.96. The Morgan fingerprint density at radius 2 is 1.92 bits per heavy atom. The van der Waals surface area contributed by atoms with Crippen LogP contribution in [0.1, 0.15) is 17.0 Å². The molecule has 0 spiro atoms. The zero-order chi connectivity index (χ0) is 18.0. The van der Waals surface area contributed by atoms with Crippen molar-refractivity contribution in [2.24, 2.45) is 0 Å². The highest BCUT2D eigenvalue weighted by atomic mass is 19.1. The highest BCUT2D eigenvalue weighted by Crippen LogP contribution is 2.25. The SMILES string of the molecule is Cc1cc(C2=C/C(=C(/O)Cc3ccc(F)cc3)C(=N)C=C2)nc(N)n1. The van der Waals surface area contributed by atoms with Crippen molar-refractivity contribution >= 4 is 17.2 Å². The predicted octanol–water partition coefficient (Wildman–Crippen LogP) is 3.53. The summed E-state index contributed by atoms with van der Waals surface area (Å²) in [5.41, 5.74) is 9.14. The molecule has 0 amide bonds. The molecule has 1 aliphatic rings. The van der Waals surface area contributed by atoms with Gasteiger partial charge in [-0.15, -0.1) is 0 Å². The van der Waals surface area contributed by atoms with Crippen molar-refractivity contribution in [1.29, 1.82) is 5.41 Å². The molecule has 6 heteroatoms. The van der Waals surface area contributed by atoms with Crippen LogP contribution < -0.4 is 5.73 Å². The minimum Gasteiger partial charge on any atom is -0.511 e. The lowest BCUT2D eigenvalue weighted by Crippen LogP contribution is -2.08. The van der Waals surface area contributed by atoms with Gasteiger partial charge in [-0.3, -0.25) is 0 Å². The van der Waals surface area contributed by atoms with Gasteiger partial charge >= 0.3 is 0 Å². The van der Waals surface area contributed by atoms with Gasteiger partial charge in [0, 0.05) is 23.3 Å². The van der Waals surface area contributed by atoms with Crippen molar-refractivity contribution in [3.63, 3.8) is 0 Å².